The Morgan fingerprint density at radius 2 is 1.34 bits per heavy atom. The minimum atomic E-state index is -1.52. The molecule has 1 fully saturated rings. The largest absolute Gasteiger partial charge is 0.468 e. The van der Waals surface area contributed by atoms with E-state index in [1.54, 1.807) is 0 Å². The van der Waals surface area contributed by atoms with E-state index in [1.165, 1.54) is 64.2 Å². The summed E-state index contributed by atoms with van der Waals surface area (Å²) in [6.45, 7) is 1.71. The zero-order chi connectivity index (χ0) is 23.8. The Balaban J connectivity index is 2.10. The third kappa shape index (κ3) is 11.3. The quantitative estimate of drug-likeness (QED) is 0.135. The first-order chi connectivity index (χ1) is 15.4. The van der Waals surface area contributed by atoms with Gasteiger partial charge in [-0.25, -0.2) is 0 Å². The molecule has 1 rings (SSSR count). The molecule has 0 bridgehead atoms. The van der Waals surface area contributed by atoms with Crippen LogP contribution in [0.2, 0.25) is 0 Å². The van der Waals surface area contributed by atoms with Crippen LogP contribution in [0.25, 0.3) is 0 Å². The fraction of sp³-hybridized carbons (Fsp3) is 0.917. The zero-order valence-corrected chi connectivity index (χ0v) is 19.8. The number of nitrogens with two attached hydrogens (primary N) is 1. The lowest BCUT2D eigenvalue weighted by Crippen LogP contribution is -2.58. The predicted molar refractivity (Wildman–Crippen MR) is 123 cm³/mol. The number of aliphatic hydroxyl groups is 5. The van der Waals surface area contributed by atoms with Crippen LogP contribution >= 0.6 is 0 Å². The van der Waals surface area contributed by atoms with Crippen molar-refractivity contribution in [1.29, 1.82) is 0 Å². The molecule has 32 heavy (non-hydrogen) atoms. The minimum absolute atomic E-state index is 0.0981. The first-order valence-corrected chi connectivity index (χ1v) is 12.5. The highest BCUT2D eigenvalue weighted by molar-refractivity contribution is 5.00. The van der Waals surface area contributed by atoms with Crippen LogP contribution < -0.4 is 5.73 Å². The van der Waals surface area contributed by atoms with Gasteiger partial charge in [-0.05, 0) is 6.42 Å². The highest BCUT2D eigenvalue weighted by Gasteiger charge is 2.44. The molecule has 0 aromatic carbocycles. The summed E-state index contributed by atoms with van der Waals surface area (Å²) in [5.74, 6) is 0. The van der Waals surface area contributed by atoms with Gasteiger partial charge in [0.05, 0.1) is 18.4 Å². The van der Waals surface area contributed by atoms with Gasteiger partial charge < -0.3 is 40.7 Å². The summed E-state index contributed by atoms with van der Waals surface area (Å²) in [6.07, 6.45) is 10.2. The Bertz CT molecular complexity index is 489. The third-order valence-corrected chi connectivity index (χ3v) is 6.15. The van der Waals surface area contributed by atoms with Crippen LogP contribution in [-0.2, 0) is 9.47 Å². The molecule has 0 aromatic heterocycles. The maximum absolute atomic E-state index is 10.2. The van der Waals surface area contributed by atoms with E-state index in [0.717, 1.165) is 25.5 Å². The normalized spacial score (nSPS) is 27.4. The summed E-state index contributed by atoms with van der Waals surface area (Å²) in [5.41, 5.74) is 5.94. The molecule has 0 saturated carbocycles. The molecule has 0 amide bonds. The molecule has 6 atom stereocenters. The van der Waals surface area contributed by atoms with Crippen LogP contribution in [0.15, 0.2) is 12.0 Å². The predicted octanol–water partition coefficient (Wildman–Crippen LogP) is 2.45. The summed E-state index contributed by atoms with van der Waals surface area (Å²) in [7, 11) is 0. The molecule has 7 N–H and O–H groups in total. The van der Waals surface area contributed by atoms with Crippen molar-refractivity contribution in [3.8, 4) is 0 Å². The molecule has 0 aliphatic carbocycles. The van der Waals surface area contributed by atoms with Gasteiger partial charge in [0.25, 0.3) is 0 Å². The number of unbranched alkanes of at least 4 members (excludes halogenated alkanes) is 12. The van der Waals surface area contributed by atoms with Crippen LogP contribution in [0.3, 0.4) is 0 Å². The van der Waals surface area contributed by atoms with Crippen LogP contribution in [-0.4, -0.2) is 68.9 Å². The second-order valence-corrected chi connectivity index (χ2v) is 9.00. The number of aliphatic hydroxyl groups excluding tert-OH is 5. The van der Waals surface area contributed by atoms with Crippen molar-refractivity contribution < 1.29 is 35.0 Å². The Hall–Kier alpha value is -0.900. The molecule has 1 saturated heterocycles. The van der Waals surface area contributed by atoms with Gasteiger partial charge in [-0.1, -0.05) is 90.4 Å². The summed E-state index contributed by atoms with van der Waals surface area (Å²) < 4.78 is 10.5. The van der Waals surface area contributed by atoms with Crippen molar-refractivity contribution in [2.75, 3.05) is 6.61 Å². The molecule has 0 spiro atoms. The molecule has 1 aliphatic heterocycles. The van der Waals surface area contributed by atoms with Crippen molar-refractivity contribution >= 4 is 0 Å². The number of ether oxygens (including phenoxy) is 2. The van der Waals surface area contributed by atoms with Gasteiger partial charge in [-0.15, -0.1) is 0 Å². The van der Waals surface area contributed by atoms with Crippen molar-refractivity contribution in [3.05, 3.63) is 12.0 Å². The topological polar surface area (TPSA) is 146 Å². The van der Waals surface area contributed by atoms with Crippen molar-refractivity contribution in [3.63, 3.8) is 0 Å². The van der Waals surface area contributed by atoms with E-state index in [2.05, 4.69) is 6.92 Å². The fourth-order valence-corrected chi connectivity index (χ4v) is 3.93. The Kier molecular flexibility index (Phi) is 16.0. The lowest BCUT2D eigenvalue weighted by atomic mass is 9.99. The lowest BCUT2D eigenvalue weighted by Gasteiger charge is -2.39. The Labute approximate surface area is 193 Å². The van der Waals surface area contributed by atoms with Crippen LogP contribution in [0.5, 0.6) is 0 Å². The van der Waals surface area contributed by atoms with Gasteiger partial charge in [-0.2, -0.15) is 0 Å². The van der Waals surface area contributed by atoms with Gasteiger partial charge in [-0.3, -0.25) is 0 Å². The van der Waals surface area contributed by atoms with Crippen LogP contribution in [0.1, 0.15) is 96.8 Å². The molecule has 1 aliphatic rings. The molecule has 190 valence electrons. The molecule has 8 heteroatoms. The molecule has 8 nitrogen and oxygen atoms in total. The van der Waals surface area contributed by atoms with E-state index >= 15 is 0 Å². The van der Waals surface area contributed by atoms with Gasteiger partial charge in [0.1, 0.15) is 30.7 Å². The van der Waals surface area contributed by atoms with Crippen molar-refractivity contribution in [2.24, 2.45) is 5.73 Å². The van der Waals surface area contributed by atoms with Gasteiger partial charge in [0.2, 0.25) is 6.29 Å². The maximum atomic E-state index is 10.2. The summed E-state index contributed by atoms with van der Waals surface area (Å²) >= 11 is 0. The fourth-order valence-electron chi connectivity index (χ4n) is 3.93. The molecular formula is C24H47NO7. The van der Waals surface area contributed by atoms with Gasteiger partial charge in [0.15, 0.2) is 0 Å². The van der Waals surface area contributed by atoms with E-state index in [0.29, 0.717) is 6.42 Å². The first kappa shape index (κ1) is 29.1. The van der Waals surface area contributed by atoms with E-state index < -0.39 is 43.4 Å². The van der Waals surface area contributed by atoms with Crippen molar-refractivity contribution in [2.45, 2.75) is 134 Å². The highest BCUT2D eigenvalue weighted by Crippen LogP contribution is 2.22. The van der Waals surface area contributed by atoms with Crippen molar-refractivity contribution in [1.82, 2.24) is 0 Å². The average Bonchev–Trinajstić information content (AvgIpc) is 2.79. The molecule has 0 unspecified atom stereocenters. The lowest BCUT2D eigenvalue weighted by molar-refractivity contribution is -0.288. The molecule has 1 heterocycles. The molecule has 0 radical (unpaired) electrons. The summed E-state index contributed by atoms with van der Waals surface area (Å²) in [5, 5.41) is 48.8. The second kappa shape index (κ2) is 17.6. The smallest absolute Gasteiger partial charge is 0.228 e. The van der Waals surface area contributed by atoms with E-state index in [-0.39, 0.29) is 5.70 Å². The summed E-state index contributed by atoms with van der Waals surface area (Å²) in [6, 6.07) is 0. The maximum Gasteiger partial charge on any atom is 0.228 e. The van der Waals surface area contributed by atoms with E-state index in [4.69, 9.17) is 15.2 Å². The zero-order valence-electron chi connectivity index (χ0n) is 19.8. The van der Waals surface area contributed by atoms with Gasteiger partial charge in [0, 0.05) is 0 Å². The number of hydrogen-bond acceptors (Lipinski definition) is 8. The first-order valence-electron chi connectivity index (χ1n) is 12.5. The minimum Gasteiger partial charge on any atom is -0.468 e. The standard InChI is InChI=1S/C24H47NO7/c1-2-3-4-5-6-7-8-9-10-11-12-13-14-15-19(27)18(25)17-31-24-23(30)22(29)21(28)20(16-26)32-24/h17,19-24,26-30H,2-16,25H2,1H3/t19-,20-,21-,22+,23-,24-/m1/s1. The van der Waals surface area contributed by atoms with E-state index in [1.807, 2.05) is 0 Å². The monoisotopic (exact) mass is 461 g/mol. The highest BCUT2D eigenvalue weighted by atomic mass is 16.7. The Morgan fingerprint density at radius 1 is 0.844 bits per heavy atom. The van der Waals surface area contributed by atoms with E-state index in [9.17, 15) is 25.5 Å². The average molecular weight is 462 g/mol. The van der Waals surface area contributed by atoms with Crippen LogP contribution in [0.4, 0.5) is 0 Å². The Morgan fingerprint density at radius 3 is 1.84 bits per heavy atom. The van der Waals surface area contributed by atoms with Crippen LogP contribution in [0, 0.1) is 0 Å². The molecular weight excluding hydrogens is 414 g/mol. The van der Waals surface area contributed by atoms with Gasteiger partial charge >= 0.3 is 0 Å². The summed E-state index contributed by atoms with van der Waals surface area (Å²) in [4.78, 5) is 0. The third-order valence-electron chi connectivity index (χ3n) is 6.15. The second-order valence-electron chi connectivity index (χ2n) is 9.00. The molecule has 0 aromatic rings. The number of hydrogen-bond donors (Lipinski definition) is 6. The number of rotatable bonds is 18. The SMILES string of the molecule is CCCCCCCCCCCCCCC[C@@H](O)C(N)=CO[C@@H]1O[C@H](CO)[C@@H](O)[C@H](O)[C@H]1O.